The monoisotopic (exact) mass is 282 g/mol. The van der Waals surface area contributed by atoms with E-state index < -0.39 is 0 Å². The molecule has 2 aromatic heterocycles. The molecule has 1 N–H and O–H groups in total. The lowest BCUT2D eigenvalue weighted by Gasteiger charge is -2.06. The SMILES string of the molecule is O=C(NCCOc1ccc(Cl)cn1)c1ccsc1. The molecule has 4 nitrogen and oxygen atoms in total. The number of aromatic nitrogens is 1. The first-order valence-electron chi connectivity index (χ1n) is 5.30. The summed E-state index contributed by atoms with van der Waals surface area (Å²) in [5.41, 5.74) is 0.671. The van der Waals surface area contributed by atoms with Crippen LogP contribution in [0.4, 0.5) is 0 Å². The molecule has 0 radical (unpaired) electrons. The van der Waals surface area contributed by atoms with E-state index in [2.05, 4.69) is 10.3 Å². The van der Waals surface area contributed by atoms with Gasteiger partial charge in [-0.2, -0.15) is 11.3 Å². The number of nitrogens with one attached hydrogen (secondary N) is 1. The summed E-state index contributed by atoms with van der Waals surface area (Å²) in [7, 11) is 0. The average molecular weight is 283 g/mol. The van der Waals surface area contributed by atoms with Gasteiger partial charge in [0.1, 0.15) is 6.61 Å². The van der Waals surface area contributed by atoms with Crippen molar-refractivity contribution in [1.82, 2.24) is 10.3 Å². The number of hydrogen-bond donors (Lipinski definition) is 1. The Morgan fingerprint density at radius 3 is 3.00 bits per heavy atom. The molecule has 0 unspecified atom stereocenters. The highest BCUT2D eigenvalue weighted by atomic mass is 35.5. The minimum absolute atomic E-state index is 0.0936. The molecule has 2 heterocycles. The van der Waals surface area contributed by atoms with Crippen molar-refractivity contribution in [3.8, 4) is 5.88 Å². The summed E-state index contributed by atoms with van der Waals surface area (Å²) in [5, 5.41) is 6.99. The third-order valence-corrected chi connectivity index (χ3v) is 3.03. The normalized spacial score (nSPS) is 10.1. The van der Waals surface area contributed by atoms with Crippen LogP contribution in [0.25, 0.3) is 0 Å². The van der Waals surface area contributed by atoms with E-state index in [1.807, 2.05) is 5.38 Å². The van der Waals surface area contributed by atoms with Gasteiger partial charge in [0.15, 0.2) is 0 Å². The number of pyridine rings is 1. The average Bonchev–Trinajstić information content (AvgIpc) is 2.90. The fourth-order valence-electron chi connectivity index (χ4n) is 1.26. The molecule has 0 aliphatic carbocycles. The van der Waals surface area contributed by atoms with Gasteiger partial charge in [-0.25, -0.2) is 4.98 Å². The van der Waals surface area contributed by atoms with Gasteiger partial charge in [-0.3, -0.25) is 4.79 Å². The molecule has 94 valence electrons. The standard InChI is InChI=1S/C12H11ClN2O2S/c13-10-1-2-11(15-7-10)17-5-4-14-12(16)9-3-6-18-8-9/h1-3,6-8H,4-5H2,(H,14,16). The zero-order valence-corrected chi connectivity index (χ0v) is 11.0. The molecule has 18 heavy (non-hydrogen) atoms. The summed E-state index contributed by atoms with van der Waals surface area (Å²) >= 11 is 7.19. The van der Waals surface area contributed by atoms with Crippen LogP contribution in [0.5, 0.6) is 5.88 Å². The smallest absolute Gasteiger partial charge is 0.252 e. The Morgan fingerprint density at radius 2 is 2.33 bits per heavy atom. The summed E-state index contributed by atoms with van der Waals surface area (Å²) < 4.78 is 5.35. The molecule has 0 saturated heterocycles. The summed E-state index contributed by atoms with van der Waals surface area (Å²) in [6.45, 7) is 0.795. The Labute approximate surface area is 114 Å². The molecule has 2 aromatic rings. The number of hydrogen-bond acceptors (Lipinski definition) is 4. The third-order valence-electron chi connectivity index (χ3n) is 2.12. The largest absolute Gasteiger partial charge is 0.476 e. The minimum Gasteiger partial charge on any atom is -0.476 e. The van der Waals surface area contributed by atoms with Crippen LogP contribution in [-0.2, 0) is 0 Å². The van der Waals surface area contributed by atoms with Gasteiger partial charge in [0.25, 0.3) is 5.91 Å². The Hall–Kier alpha value is -1.59. The van der Waals surface area contributed by atoms with Gasteiger partial charge in [-0.1, -0.05) is 11.6 Å². The molecule has 0 fully saturated rings. The van der Waals surface area contributed by atoms with Crippen LogP contribution >= 0.6 is 22.9 Å². The van der Waals surface area contributed by atoms with Gasteiger partial charge in [-0.05, 0) is 17.5 Å². The lowest BCUT2D eigenvalue weighted by atomic mass is 10.3. The molecule has 0 aliphatic heterocycles. The van der Waals surface area contributed by atoms with E-state index in [1.54, 1.807) is 23.6 Å². The van der Waals surface area contributed by atoms with Gasteiger partial charge in [0.05, 0.1) is 11.6 Å². The Balaban J connectivity index is 1.70. The van der Waals surface area contributed by atoms with Gasteiger partial charge in [0, 0.05) is 23.2 Å². The summed E-state index contributed by atoms with van der Waals surface area (Å²) in [6.07, 6.45) is 1.51. The number of carbonyl (C=O) groups excluding carboxylic acids is 1. The van der Waals surface area contributed by atoms with Crippen LogP contribution in [0.15, 0.2) is 35.2 Å². The molecular formula is C12H11ClN2O2S. The van der Waals surface area contributed by atoms with E-state index in [-0.39, 0.29) is 5.91 Å². The molecule has 6 heteroatoms. The predicted octanol–water partition coefficient (Wildman–Crippen LogP) is 2.61. The molecular weight excluding hydrogens is 272 g/mol. The van der Waals surface area contributed by atoms with Gasteiger partial charge < -0.3 is 10.1 Å². The van der Waals surface area contributed by atoms with Crippen LogP contribution in [-0.4, -0.2) is 24.0 Å². The van der Waals surface area contributed by atoms with Crippen molar-refractivity contribution < 1.29 is 9.53 Å². The van der Waals surface area contributed by atoms with Crippen molar-refractivity contribution in [2.24, 2.45) is 0 Å². The van der Waals surface area contributed by atoms with Crippen molar-refractivity contribution in [2.75, 3.05) is 13.2 Å². The van der Waals surface area contributed by atoms with Gasteiger partial charge in [-0.15, -0.1) is 0 Å². The van der Waals surface area contributed by atoms with E-state index in [4.69, 9.17) is 16.3 Å². The highest BCUT2D eigenvalue weighted by molar-refractivity contribution is 7.08. The molecule has 0 aliphatic rings. The number of amides is 1. The zero-order valence-electron chi connectivity index (χ0n) is 9.43. The molecule has 0 spiro atoms. The number of halogens is 1. The highest BCUT2D eigenvalue weighted by Crippen LogP contribution is 2.11. The van der Waals surface area contributed by atoms with E-state index in [9.17, 15) is 4.79 Å². The number of carbonyl (C=O) groups is 1. The van der Waals surface area contributed by atoms with Crippen LogP contribution < -0.4 is 10.1 Å². The second kappa shape index (κ2) is 6.37. The Morgan fingerprint density at radius 1 is 1.44 bits per heavy atom. The van der Waals surface area contributed by atoms with Crippen molar-refractivity contribution in [2.45, 2.75) is 0 Å². The Kier molecular flexibility index (Phi) is 4.55. The first kappa shape index (κ1) is 12.9. The number of nitrogens with zero attached hydrogens (tertiary/aromatic N) is 1. The fourth-order valence-corrected chi connectivity index (χ4v) is 2.01. The van der Waals surface area contributed by atoms with Crippen molar-refractivity contribution in [3.05, 3.63) is 45.7 Å². The lowest BCUT2D eigenvalue weighted by Crippen LogP contribution is -2.27. The van der Waals surface area contributed by atoms with Crippen LogP contribution in [0, 0.1) is 0 Å². The minimum atomic E-state index is -0.0936. The maximum absolute atomic E-state index is 11.6. The molecule has 0 saturated carbocycles. The van der Waals surface area contributed by atoms with E-state index >= 15 is 0 Å². The van der Waals surface area contributed by atoms with Crippen molar-refractivity contribution in [1.29, 1.82) is 0 Å². The molecule has 2 rings (SSSR count). The van der Waals surface area contributed by atoms with Gasteiger partial charge >= 0.3 is 0 Å². The van der Waals surface area contributed by atoms with Crippen LogP contribution in [0.3, 0.4) is 0 Å². The van der Waals surface area contributed by atoms with Crippen LogP contribution in [0.2, 0.25) is 5.02 Å². The quantitative estimate of drug-likeness (QED) is 0.858. The lowest BCUT2D eigenvalue weighted by molar-refractivity contribution is 0.0947. The maximum atomic E-state index is 11.6. The van der Waals surface area contributed by atoms with Crippen molar-refractivity contribution in [3.63, 3.8) is 0 Å². The number of thiophene rings is 1. The maximum Gasteiger partial charge on any atom is 0.252 e. The zero-order chi connectivity index (χ0) is 12.8. The fraction of sp³-hybridized carbons (Fsp3) is 0.167. The summed E-state index contributed by atoms with van der Waals surface area (Å²) in [6, 6.07) is 5.17. The van der Waals surface area contributed by atoms with Gasteiger partial charge in [0.2, 0.25) is 5.88 Å². The summed E-state index contributed by atoms with van der Waals surface area (Å²) in [5.74, 6) is 0.396. The topological polar surface area (TPSA) is 51.2 Å². The molecule has 0 atom stereocenters. The predicted molar refractivity (Wildman–Crippen MR) is 71.4 cm³/mol. The molecule has 1 amide bonds. The summed E-state index contributed by atoms with van der Waals surface area (Å²) in [4.78, 5) is 15.5. The third kappa shape index (κ3) is 3.72. The first-order chi connectivity index (χ1) is 8.75. The molecule has 0 bridgehead atoms. The highest BCUT2D eigenvalue weighted by Gasteiger charge is 2.04. The second-order valence-corrected chi connectivity index (χ2v) is 4.65. The number of rotatable bonds is 5. The second-order valence-electron chi connectivity index (χ2n) is 3.43. The van der Waals surface area contributed by atoms with E-state index in [0.29, 0.717) is 29.6 Å². The van der Waals surface area contributed by atoms with E-state index in [1.165, 1.54) is 17.5 Å². The molecule has 0 aromatic carbocycles. The van der Waals surface area contributed by atoms with Crippen LogP contribution in [0.1, 0.15) is 10.4 Å². The number of ether oxygens (including phenoxy) is 1. The van der Waals surface area contributed by atoms with Crippen molar-refractivity contribution >= 4 is 28.8 Å². The van der Waals surface area contributed by atoms with E-state index in [0.717, 1.165) is 0 Å². The first-order valence-corrected chi connectivity index (χ1v) is 6.62. The Bertz CT molecular complexity index is 499.